The zero-order valence-corrected chi connectivity index (χ0v) is 16.1. The molecule has 28 heavy (non-hydrogen) atoms. The molecule has 8 nitrogen and oxygen atoms in total. The molecule has 1 aliphatic rings. The third kappa shape index (κ3) is 4.77. The van der Waals surface area contributed by atoms with Crippen molar-refractivity contribution in [3.05, 3.63) is 53.7 Å². The topological polar surface area (TPSA) is 96.5 Å². The Morgan fingerprint density at radius 3 is 2.86 bits per heavy atom. The summed E-state index contributed by atoms with van der Waals surface area (Å²) in [5, 5.41) is 6.16. The predicted octanol–water partition coefficient (Wildman–Crippen LogP) is 2.48. The van der Waals surface area contributed by atoms with Gasteiger partial charge < -0.3 is 20.3 Å². The van der Waals surface area contributed by atoms with Crippen molar-refractivity contribution in [1.29, 1.82) is 0 Å². The van der Waals surface area contributed by atoms with Gasteiger partial charge in [0, 0.05) is 25.2 Å². The molecule has 1 saturated heterocycles. The summed E-state index contributed by atoms with van der Waals surface area (Å²) in [5.41, 5.74) is 1.64. The minimum Gasteiger partial charge on any atom is -0.480 e. The van der Waals surface area contributed by atoms with Gasteiger partial charge in [-0.25, -0.2) is 4.98 Å². The standard InChI is InChI=1S/C19H20ClN5O3/c1-3-16(26)22-13-6-4-12(5-7-13)10-25-11-14(8-17(25)27)23-19-21-9-15(20)18(24-19)28-2/h3-7,9,14H,1,8,10-11H2,2H3,(H,22,26)(H,21,23,24)/t14-/m1/s1. The number of likely N-dealkylation sites (tertiary alicyclic amines) is 1. The number of carbonyl (C=O) groups excluding carboxylic acids is 2. The van der Waals surface area contributed by atoms with E-state index in [1.165, 1.54) is 19.4 Å². The molecular weight excluding hydrogens is 382 g/mol. The molecule has 3 rings (SSSR count). The summed E-state index contributed by atoms with van der Waals surface area (Å²) in [4.78, 5) is 33.7. The second-order valence-electron chi connectivity index (χ2n) is 6.26. The maximum atomic E-state index is 12.3. The highest BCUT2D eigenvalue weighted by Gasteiger charge is 2.30. The molecule has 0 aliphatic carbocycles. The monoisotopic (exact) mass is 401 g/mol. The number of aromatic nitrogens is 2. The molecule has 0 saturated carbocycles. The summed E-state index contributed by atoms with van der Waals surface area (Å²) in [5.74, 6) is 0.423. The van der Waals surface area contributed by atoms with Gasteiger partial charge in [-0.15, -0.1) is 0 Å². The average molecular weight is 402 g/mol. The smallest absolute Gasteiger partial charge is 0.247 e. The molecule has 1 fully saturated rings. The molecule has 1 aromatic carbocycles. The number of anilines is 2. The summed E-state index contributed by atoms with van der Waals surface area (Å²) in [6.07, 6.45) is 3.02. The van der Waals surface area contributed by atoms with Gasteiger partial charge in [0.1, 0.15) is 5.02 Å². The van der Waals surface area contributed by atoms with E-state index in [0.717, 1.165) is 5.56 Å². The lowest BCUT2D eigenvalue weighted by molar-refractivity contribution is -0.128. The number of ether oxygens (including phenoxy) is 1. The van der Waals surface area contributed by atoms with E-state index in [9.17, 15) is 9.59 Å². The van der Waals surface area contributed by atoms with Crippen molar-refractivity contribution in [2.75, 3.05) is 24.3 Å². The van der Waals surface area contributed by atoms with Crippen LogP contribution in [0.15, 0.2) is 43.1 Å². The highest BCUT2D eigenvalue weighted by Crippen LogP contribution is 2.23. The molecule has 0 spiro atoms. The van der Waals surface area contributed by atoms with Crippen molar-refractivity contribution in [1.82, 2.24) is 14.9 Å². The number of methoxy groups -OCH3 is 1. The molecule has 2 amide bonds. The molecule has 2 heterocycles. The first-order valence-corrected chi connectivity index (χ1v) is 8.99. The Balaban J connectivity index is 1.58. The molecular formula is C19H20ClN5O3. The fourth-order valence-corrected chi connectivity index (χ4v) is 3.04. The van der Waals surface area contributed by atoms with Crippen LogP contribution in [0.2, 0.25) is 5.02 Å². The van der Waals surface area contributed by atoms with E-state index in [2.05, 4.69) is 27.2 Å². The van der Waals surface area contributed by atoms with Gasteiger partial charge in [0.05, 0.1) is 19.3 Å². The first-order chi connectivity index (χ1) is 13.5. The van der Waals surface area contributed by atoms with Crippen LogP contribution in [0.25, 0.3) is 0 Å². The molecule has 0 radical (unpaired) electrons. The van der Waals surface area contributed by atoms with Crippen LogP contribution in [-0.4, -0.2) is 46.4 Å². The van der Waals surface area contributed by atoms with Gasteiger partial charge in [0.25, 0.3) is 0 Å². The number of carbonyl (C=O) groups is 2. The van der Waals surface area contributed by atoms with E-state index in [1.807, 2.05) is 12.1 Å². The number of benzene rings is 1. The summed E-state index contributed by atoms with van der Waals surface area (Å²) in [7, 11) is 1.48. The van der Waals surface area contributed by atoms with Crippen LogP contribution in [0, 0.1) is 0 Å². The van der Waals surface area contributed by atoms with E-state index >= 15 is 0 Å². The van der Waals surface area contributed by atoms with Gasteiger partial charge in [-0.2, -0.15) is 4.98 Å². The zero-order chi connectivity index (χ0) is 20.1. The molecule has 0 bridgehead atoms. The molecule has 1 aliphatic heterocycles. The Morgan fingerprint density at radius 2 is 2.18 bits per heavy atom. The number of nitrogens with zero attached hydrogens (tertiary/aromatic N) is 3. The van der Waals surface area contributed by atoms with Gasteiger partial charge in [-0.3, -0.25) is 9.59 Å². The molecule has 2 aromatic rings. The third-order valence-electron chi connectivity index (χ3n) is 4.23. The van der Waals surface area contributed by atoms with Crippen LogP contribution >= 0.6 is 11.6 Å². The number of nitrogens with one attached hydrogen (secondary N) is 2. The normalized spacial score (nSPS) is 16.0. The van der Waals surface area contributed by atoms with E-state index < -0.39 is 0 Å². The Hall–Kier alpha value is -3.13. The fourth-order valence-electron chi connectivity index (χ4n) is 2.88. The summed E-state index contributed by atoms with van der Waals surface area (Å²) in [6.45, 7) is 4.43. The maximum absolute atomic E-state index is 12.3. The van der Waals surface area contributed by atoms with Gasteiger partial charge in [0.15, 0.2) is 0 Å². The highest BCUT2D eigenvalue weighted by molar-refractivity contribution is 6.31. The molecule has 9 heteroatoms. The fraction of sp³-hybridized carbons (Fsp3) is 0.263. The van der Waals surface area contributed by atoms with Crippen molar-refractivity contribution >= 4 is 35.1 Å². The summed E-state index contributed by atoms with van der Waals surface area (Å²) < 4.78 is 5.08. The maximum Gasteiger partial charge on any atom is 0.247 e. The number of hydrogen-bond donors (Lipinski definition) is 2. The Labute approximate surface area is 167 Å². The molecule has 146 valence electrons. The van der Waals surface area contributed by atoms with E-state index in [0.29, 0.717) is 36.2 Å². The van der Waals surface area contributed by atoms with Crippen LogP contribution < -0.4 is 15.4 Å². The SMILES string of the molecule is C=CC(=O)Nc1ccc(CN2C[C@H](Nc3ncc(Cl)c(OC)n3)CC2=O)cc1. The van der Waals surface area contributed by atoms with Crippen molar-refractivity contribution < 1.29 is 14.3 Å². The van der Waals surface area contributed by atoms with Gasteiger partial charge in [-0.05, 0) is 23.8 Å². The van der Waals surface area contributed by atoms with E-state index in [1.54, 1.807) is 17.0 Å². The second kappa shape index (κ2) is 8.71. The summed E-state index contributed by atoms with van der Waals surface area (Å²) >= 11 is 5.93. The molecule has 1 atom stereocenters. The minimum atomic E-state index is -0.266. The zero-order valence-electron chi connectivity index (χ0n) is 15.3. The first kappa shape index (κ1) is 19.6. The van der Waals surface area contributed by atoms with Crippen LogP contribution in [0.4, 0.5) is 11.6 Å². The number of halogens is 1. The third-order valence-corrected chi connectivity index (χ3v) is 4.49. The highest BCUT2D eigenvalue weighted by atomic mass is 35.5. The van der Waals surface area contributed by atoms with Crippen molar-refractivity contribution in [3.63, 3.8) is 0 Å². The minimum absolute atomic E-state index is 0.0439. The summed E-state index contributed by atoms with van der Waals surface area (Å²) in [6, 6.07) is 7.23. The molecule has 2 N–H and O–H groups in total. The van der Waals surface area contributed by atoms with Crippen LogP contribution in [-0.2, 0) is 16.1 Å². The van der Waals surface area contributed by atoms with Gasteiger partial charge >= 0.3 is 0 Å². The van der Waals surface area contributed by atoms with Crippen LogP contribution in [0.1, 0.15) is 12.0 Å². The Bertz CT molecular complexity index is 888. The van der Waals surface area contributed by atoms with E-state index in [-0.39, 0.29) is 23.7 Å². The molecule has 0 unspecified atom stereocenters. The van der Waals surface area contributed by atoms with Gasteiger partial charge in [-0.1, -0.05) is 30.3 Å². The van der Waals surface area contributed by atoms with Crippen molar-refractivity contribution in [2.24, 2.45) is 0 Å². The largest absolute Gasteiger partial charge is 0.480 e. The first-order valence-electron chi connectivity index (χ1n) is 8.61. The van der Waals surface area contributed by atoms with Crippen molar-refractivity contribution in [3.8, 4) is 5.88 Å². The predicted molar refractivity (Wildman–Crippen MR) is 106 cm³/mol. The van der Waals surface area contributed by atoms with E-state index in [4.69, 9.17) is 16.3 Å². The molecule has 1 aromatic heterocycles. The van der Waals surface area contributed by atoms with Crippen molar-refractivity contribution in [2.45, 2.75) is 19.0 Å². The lowest BCUT2D eigenvalue weighted by atomic mass is 10.2. The Morgan fingerprint density at radius 1 is 1.43 bits per heavy atom. The lowest BCUT2D eigenvalue weighted by Crippen LogP contribution is -2.28. The Kier molecular flexibility index (Phi) is 6.10. The van der Waals surface area contributed by atoms with Gasteiger partial charge in [0.2, 0.25) is 23.6 Å². The average Bonchev–Trinajstić information content (AvgIpc) is 3.03. The number of hydrogen-bond acceptors (Lipinski definition) is 6. The number of amides is 2. The quantitative estimate of drug-likeness (QED) is 0.692. The lowest BCUT2D eigenvalue weighted by Gasteiger charge is -2.17. The van der Waals surface area contributed by atoms with Crippen LogP contribution in [0.5, 0.6) is 5.88 Å². The van der Waals surface area contributed by atoms with Crippen LogP contribution in [0.3, 0.4) is 0 Å². The number of rotatable bonds is 7. The second-order valence-corrected chi connectivity index (χ2v) is 6.67.